The zero-order chi connectivity index (χ0) is 9.03. The summed E-state index contributed by atoms with van der Waals surface area (Å²) < 4.78 is 0. The summed E-state index contributed by atoms with van der Waals surface area (Å²) in [4.78, 5) is 0. The molecule has 0 heterocycles. The fourth-order valence-corrected chi connectivity index (χ4v) is 1.80. The van der Waals surface area contributed by atoms with E-state index in [9.17, 15) is 0 Å². The van der Waals surface area contributed by atoms with Crippen LogP contribution < -0.4 is 5.32 Å². The van der Waals surface area contributed by atoms with E-state index in [4.69, 9.17) is 6.42 Å². The van der Waals surface area contributed by atoms with Gasteiger partial charge in [-0.1, -0.05) is 25.2 Å². The van der Waals surface area contributed by atoms with Gasteiger partial charge in [-0.2, -0.15) is 0 Å². The molecular weight excluding hydrogens is 146 g/mol. The summed E-state index contributed by atoms with van der Waals surface area (Å²) in [6, 6.07) is 0.657. The molecule has 0 amide bonds. The monoisotopic (exact) mass is 165 g/mol. The van der Waals surface area contributed by atoms with E-state index in [0.717, 1.165) is 0 Å². The lowest BCUT2D eigenvalue weighted by atomic mass is 9.93. The van der Waals surface area contributed by atoms with Gasteiger partial charge in [0.1, 0.15) is 0 Å². The lowest BCUT2D eigenvalue weighted by Gasteiger charge is -2.30. The van der Waals surface area contributed by atoms with Crippen LogP contribution in [0, 0.1) is 12.3 Å². The Bertz CT molecular complexity index is 170. The first-order valence-electron chi connectivity index (χ1n) is 4.89. The van der Waals surface area contributed by atoms with Crippen molar-refractivity contribution in [1.82, 2.24) is 5.32 Å². The Morgan fingerprint density at radius 3 is 2.33 bits per heavy atom. The molecule has 0 unspecified atom stereocenters. The molecule has 1 rings (SSSR count). The third-order valence-electron chi connectivity index (χ3n) is 2.53. The van der Waals surface area contributed by atoms with Crippen molar-refractivity contribution in [3.05, 3.63) is 0 Å². The first-order chi connectivity index (χ1) is 5.64. The Morgan fingerprint density at radius 1 is 1.25 bits per heavy atom. The maximum absolute atomic E-state index is 5.41. The Morgan fingerprint density at radius 2 is 1.83 bits per heavy atom. The Hall–Kier alpha value is -0.480. The zero-order valence-corrected chi connectivity index (χ0v) is 8.19. The first kappa shape index (κ1) is 9.61. The molecule has 1 fully saturated rings. The maximum Gasteiger partial charge on any atom is 0.0743 e. The average Bonchev–Trinajstić information content (AvgIpc) is 2.06. The summed E-state index contributed by atoms with van der Waals surface area (Å²) in [5, 5.41) is 3.51. The highest BCUT2D eigenvalue weighted by molar-refractivity contribution is 5.08. The predicted molar refractivity (Wildman–Crippen MR) is 52.9 cm³/mol. The van der Waals surface area contributed by atoms with E-state index < -0.39 is 0 Å². The summed E-state index contributed by atoms with van der Waals surface area (Å²) >= 11 is 0. The van der Waals surface area contributed by atoms with E-state index in [1.807, 2.05) is 0 Å². The highest BCUT2D eigenvalue weighted by atomic mass is 15.0. The molecule has 0 aromatic rings. The van der Waals surface area contributed by atoms with Crippen LogP contribution in [0.25, 0.3) is 0 Å². The highest BCUT2D eigenvalue weighted by Gasteiger charge is 2.20. The van der Waals surface area contributed by atoms with E-state index >= 15 is 0 Å². The van der Waals surface area contributed by atoms with E-state index in [1.165, 1.54) is 32.1 Å². The van der Waals surface area contributed by atoms with Crippen LogP contribution in [0.3, 0.4) is 0 Å². The van der Waals surface area contributed by atoms with Crippen LogP contribution in [0.5, 0.6) is 0 Å². The van der Waals surface area contributed by atoms with Gasteiger partial charge in [-0.15, -0.1) is 6.42 Å². The van der Waals surface area contributed by atoms with Crippen molar-refractivity contribution in [3.8, 4) is 12.3 Å². The molecule has 1 aliphatic carbocycles. The molecule has 1 N–H and O–H groups in total. The lowest BCUT2D eigenvalue weighted by molar-refractivity contribution is 0.321. The highest BCUT2D eigenvalue weighted by Crippen LogP contribution is 2.19. The second-order valence-electron chi connectivity index (χ2n) is 4.25. The van der Waals surface area contributed by atoms with Crippen molar-refractivity contribution in [3.63, 3.8) is 0 Å². The van der Waals surface area contributed by atoms with Gasteiger partial charge in [0.25, 0.3) is 0 Å². The standard InChI is InChI=1S/C11H19N/c1-4-11(2,3)12-10-8-6-5-7-9-10/h1,10,12H,5-9H2,2-3H3. The van der Waals surface area contributed by atoms with Crippen molar-refractivity contribution in [2.45, 2.75) is 57.5 Å². The molecule has 1 saturated carbocycles. The lowest BCUT2D eigenvalue weighted by Crippen LogP contribution is -2.45. The van der Waals surface area contributed by atoms with Gasteiger partial charge < -0.3 is 0 Å². The summed E-state index contributed by atoms with van der Waals surface area (Å²) in [7, 11) is 0. The summed E-state index contributed by atoms with van der Waals surface area (Å²) in [6.45, 7) is 4.14. The van der Waals surface area contributed by atoms with Crippen LogP contribution in [0.15, 0.2) is 0 Å². The minimum atomic E-state index is -0.123. The minimum absolute atomic E-state index is 0.123. The molecule has 0 aliphatic heterocycles. The molecule has 0 radical (unpaired) electrons. The molecule has 12 heavy (non-hydrogen) atoms. The van der Waals surface area contributed by atoms with Gasteiger partial charge in [-0.05, 0) is 26.7 Å². The van der Waals surface area contributed by atoms with Crippen molar-refractivity contribution >= 4 is 0 Å². The molecule has 68 valence electrons. The fraction of sp³-hybridized carbons (Fsp3) is 0.818. The van der Waals surface area contributed by atoms with Crippen molar-refractivity contribution in [2.24, 2.45) is 0 Å². The maximum atomic E-state index is 5.41. The zero-order valence-electron chi connectivity index (χ0n) is 8.19. The largest absolute Gasteiger partial charge is 0.299 e. The molecule has 1 heteroatoms. The SMILES string of the molecule is C#CC(C)(C)NC1CCCCC1. The van der Waals surface area contributed by atoms with E-state index in [-0.39, 0.29) is 5.54 Å². The number of hydrogen-bond donors (Lipinski definition) is 1. The van der Waals surface area contributed by atoms with E-state index in [1.54, 1.807) is 0 Å². The Labute approximate surface area is 75.9 Å². The minimum Gasteiger partial charge on any atom is -0.299 e. The van der Waals surface area contributed by atoms with Crippen molar-refractivity contribution in [1.29, 1.82) is 0 Å². The third-order valence-corrected chi connectivity index (χ3v) is 2.53. The van der Waals surface area contributed by atoms with Crippen molar-refractivity contribution in [2.75, 3.05) is 0 Å². The van der Waals surface area contributed by atoms with E-state index in [2.05, 4.69) is 25.1 Å². The summed E-state index contributed by atoms with van der Waals surface area (Å²) in [5.74, 6) is 2.78. The van der Waals surface area contributed by atoms with Crippen LogP contribution in [-0.2, 0) is 0 Å². The second-order valence-corrected chi connectivity index (χ2v) is 4.25. The number of rotatable bonds is 2. The van der Waals surface area contributed by atoms with Crippen molar-refractivity contribution < 1.29 is 0 Å². The third kappa shape index (κ3) is 2.87. The normalized spacial score (nSPS) is 20.4. The molecule has 0 spiro atoms. The number of terminal acetylenes is 1. The van der Waals surface area contributed by atoms with Gasteiger partial charge in [0, 0.05) is 6.04 Å². The van der Waals surface area contributed by atoms with Crippen LogP contribution in [0.2, 0.25) is 0 Å². The molecule has 0 aromatic heterocycles. The molecular formula is C11H19N. The quantitative estimate of drug-likeness (QED) is 0.619. The van der Waals surface area contributed by atoms with Crippen LogP contribution >= 0.6 is 0 Å². The van der Waals surface area contributed by atoms with Crippen LogP contribution in [-0.4, -0.2) is 11.6 Å². The van der Waals surface area contributed by atoms with Gasteiger partial charge in [0.05, 0.1) is 5.54 Å². The Balaban J connectivity index is 2.35. The van der Waals surface area contributed by atoms with E-state index in [0.29, 0.717) is 6.04 Å². The number of nitrogens with one attached hydrogen (secondary N) is 1. The average molecular weight is 165 g/mol. The molecule has 0 atom stereocenters. The van der Waals surface area contributed by atoms with Gasteiger partial charge >= 0.3 is 0 Å². The smallest absolute Gasteiger partial charge is 0.0743 e. The van der Waals surface area contributed by atoms with Gasteiger partial charge in [-0.25, -0.2) is 0 Å². The predicted octanol–water partition coefficient (Wildman–Crippen LogP) is 2.32. The number of hydrogen-bond acceptors (Lipinski definition) is 1. The topological polar surface area (TPSA) is 12.0 Å². The van der Waals surface area contributed by atoms with Crippen LogP contribution in [0.1, 0.15) is 46.0 Å². The van der Waals surface area contributed by atoms with Gasteiger partial charge in [0.2, 0.25) is 0 Å². The molecule has 0 aromatic carbocycles. The fourth-order valence-electron chi connectivity index (χ4n) is 1.80. The molecule has 1 aliphatic rings. The molecule has 0 bridgehead atoms. The summed E-state index contributed by atoms with van der Waals surface area (Å²) in [6.07, 6.45) is 12.1. The Kier molecular flexibility index (Phi) is 3.17. The molecule has 0 saturated heterocycles. The van der Waals surface area contributed by atoms with Gasteiger partial charge in [0.15, 0.2) is 0 Å². The van der Waals surface area contributed by atoms with Crippen LogP contribution in [0.4, 0.5) is 0 Å². The summed E-state index contributed by atoms with van der Waals surface area (Å²) in [5.41, 5.74) is -0.123. The molecule has 1 nitrogen and oxygen atoms in total. The first-order valence-corrected chi connectivity index (χ1v) is 4.89. The second kappa shape index (κ2) is 3.96. The van der Waals surface area contributed by atoms with Gasteiger partial charge in [-0.3, -0.25) is 5.32 Å².